The van der Waals surface area contributed by atoms with E-state index < -0.39 is 94.5 Å². The van der Waals surface area contributed by atoms with Gasteiger partial charge in [0, 0.05) is 12.8 Å². The van der Waals surface area contributed by atoms with E-state index in [-0.39, 0.29) is 12.8 Å². The number of esters is 2. The lowest BCUT2D eigenvalue weighted by Crippen LogP contribution is -2.13. The standard InChI is InChI=1S/C21H14F10O4/c22-10-12(24)16(28)20(17(29)13(10)25)34-8(32)6-4-2-1-3-5-7-9(33)35-21-18(30)14(26)11(23)15(27)19(21)31/h1-7H2. The van der Waals surface area contributed by atoms with Crippen LogP contribution >= 0.6 is 0 Å². The van der Waals surface area contributed by atoms with Crippen LogP contribution in [0, 0.1) is 58.2 Å². The van der Waals surface area contributed by atoms with Gasteiger partial charge >= 0.3 is 11.9 Å². The van der Waals surface area contributed by atoms with Gasteiger partial charge in [-0.25, -0.2) is 26.3 Å². The minimum Gasteiger partial charge on any atom is -0.420 e. The Bertz CT molecular complexity index is 991. The van der Waals surface area contributed by atoms with Gasteiger partial charge in [-0.1, -0.05) is 19.3 Å². The van der Waals surface area contributed by atoms with Gasteiger partial charge in [-0.2, -0.15) is 17.6 Å². The Morgan fingerprint density at radius 1 is 0.400 bits per heavy atom. The van der Waals surface area contributed by atoms with Gasteiger partial charge in [-0.15, -0.1) is 0 Å². The van der Waals surface area contributed by atoms with Crippen molar-refractivity contribution in [3.63, 3.8) is 0 Å². The van der Waals surface area contributed by atoms with Crippen LogP contribution < -0.4 is 9.47 Å². The Hall–Kier alpha value is -3.32. The van der Waals surface area contributed by atoms with Crippen molar-refractivity contribution in [3.8, 4) is 11.5 Å². The third-order valence-electron chi connectivity index (χ3n) is 4.53. The molecule has 0 aliphatic rings. The highest BCUT2D eigenvalue weighted by Crippen LogP contribution is 2.30. The predicted molar refractivity (Wildman–Crippen MR) is 96.1 cm³/mol. The van der Waals surface area contributed by atoms with Crippen LogP contribution in [0.4, 0.5) is 43.9 Å². The highest BCUT2D eigenvalue weighted by Gasteiger charge is 2.29. The number of carbonyl (C=O) groups is 2. The lowest BCUT2D eigenvalue weighted by molar-refractivity contribution is -0.135. The van der Waals surface area contributed by atoms with Crippen molar-refractivity contribution >= 4 is 11.9 Å². The zero-order valence-electron chi connectivity index (χ0n) is 17.4. The largest absolute Gasteiger partial charge is 0.420 e. The first-order valence-corrected chi connectivity index (χ1v) is 9.82. The normalized spacial score (nSPS) is 11.0. The molecule has 2 aromatic carbocycles. The Labute approximate surface area is 190 Å². The summed E-state index contributed by atoms with van der Waals surface area (Å²) in [6.45, 7) is 0. The molecule has 2 rings (SSSR count). The summed E-state index contributed by atoms with van der Waals surface area (Å²) in [5.74, 6) is -29.1. The second-order valence-corrected chi connectivity index (χ2v) is 7.01. The third-order valence-corrected chi connectivity index (χ3v) is 4.53. The van der Waals surface area contributed by atoms with Gasteiger partial charge in [0.1, 0.15) is 0 Å². The number of unbranched alkanes of at least 4 members (excludes halogenated alkanes) is 4. The molecular formula is C21H14F10O4. The minimum atomic E-state index is -2.41. The first-order valence-electron chi connectivity index (χ1n) is 9.82. The molecule has 0 atom stereocenters. The molecule has 35 heavy (non-hydrogen) atoms. The molecule has 0 aliphatic heterocycles. The summed E-state index contributed by atoms with van der Waals surface area (Å²) in [7, 11) is 0. The van der Waals surface area contributed by atoms with Crippen molar-refractivity contribution in [1.29, 1.82) is 0 Å². The van der Waals surface area contributed by atoms with E-state index in [9.17, 15) is 53.5 Å². The zero-order chi connectivity index (χ0) is 26.4. The van der Waals surface area contributed by atoms with Crippen LogP contribution in [0.25, 0.3) is 0 Å². The number of rotatable bonds is 10. The van der Waals surface area contributed by atoms with Gasteiger partial charge in [-0.3, -0.25) is 9.59 Å². The summed E-state index contributed by atoms with van der Waals surface area (Å²) in [5, 5.41) is 0. The highest BCUT2D eigenvalue weighted by molar-refractivity contribution is 5.73. The summed E-state index contributed by atoms with van der Waals surface area (Å²) in [4.78, 5) is 23.2. The van der Waals surface area contributed by atoms with Crippen LogP contribution in [0.2, 0.25) is 0 Å². The minimum absolute atomic E-state index is 0.0727. The van der Waals surface area contributed by atoms with Gasteiger partial charge in [0.05, 0.1) is 0 Å². The molecule has 0 saturated heterocycles. The van der Waals surface area contributed by atoms with Crippen molar-refractivity contribution in [2.24, 2.45) is 0 Å². The van der Waals surface area contributed by atoms with Crippen LogP contribution in [0.1, 0.15) is 44.9 Å². The smallest absolute Gasteiger partial charge is 0.311 e. The van der Waals surface area contributed by atoms with Crippen molar-refractivity contribution in [2.45, 2.75) is 44.9 Å². The average molecular weight is 520 g/mol. The maximum absolute atomic E-state index is 13.5. The summed E-state index contributed by atoms with van der Waals surface area (Å²) in [6.07, 6.45) is 0.194. The maximum Gasteiger partial charge on any atom is 0.311 e. The summed E-state index contributed by atoms with van der Waals surface area (Å²) in [6, 6.07) is 0. The molecule has 0 radical (unpaired) electrons. The van der Waals surface area contributed by atoms with Crippen molar-refractivity contribution in [3.05, 3.63) is 58.2 Å². The average Bonchev–Trinajstić information content (AvgIpc) is 2.83. The van der Waals surface area contributed by atoms with Gasteiger partial charge in [0.25, 0.3) is 0 Å². The Morgan fingerprint density at radius 2 is 0.629 bits per heavy atom. The van der Waals surface area contributed by atoms with E-state index in [1.54, 1.807) is 0 Å². The molecule has 0 amide bonds. The molecular weight excluding hydrogens is 506 g/mol. The summed E-state index contributed by atoms with van der Waals surface area (Å²) >= 11 is 0. The van der Waals surface area contributed by atoms with Crippen molar-refractivity contribution < 1.29 is 63.0 Å². The second-order valence-electron chi connectivity index (χ2n) is 7.01. The fourth-order valence-electron chi connectivity index (χ4n) is 2.75. The Balaban J connectivity index is 1.72. The topological polar surface area (TPSA) is 52.6 Å². The van der Waals surface area contributed by atoms with Gasteiger partial charge in [0.15, 0.2) is 0 Å². The highest BCUT2D eigenvalue weighted by atomic mass is 19.2. The van der Waals surface area contributed by atoms with Crippen molar-refractivity contribution in [1.82, 2.24) is 0 Å². The number of ether oxygens (including phenoxy) is 2. The van der Waals surface area contributed by atoms with Gasteiger partial charge < -0.3 is 9.47 Å². The number of carbonyl (C=O) groups excluding carboxylic acids is 2. The Kier molecular flexibility index (Phi) is 9.48. The molecule has 0 aliphatic carbocycles. The molecule has 0 aromatic heterocycles. The quantitative estimate of drug-likeness (QED) is 0.0920. The van der Waals surface area contributed by atoms with Crippen LogP contribution in [-0.4, -0.2) is 11.9 Å². The fraction of sp³-hybridized carbons (Fsp3) is 0.333. The Morgan fingerprint density at radius 3 is 0.914 bits per heavy atom. The van der Waals surface area contributed by atoms with E-state index in [0.29, 0.717) is 19.3 Å². The molecule has 0 N–H and O–H groups in total. The van der Waals surface area contributed by atoms with E-state index in [2.05, 4.69) is 9.47 Å². The number of benzene rings is 2. The molecule has 0 heterocycles. The predicted octanol–water partition coefficient (Wildman–Crippen LogP) is 6.32. The first-order chi connectivity index (χ1) is 16.4. The van der Waals surface area contributed by atoms with Crippen LogP contribution in [0.15, 0.2) is 0 Å². The molecule has 2 aromatic rings. The molecule has 192 valence electrons. The zero-order valence-corrected chi connectivity index (χ0v) is 17.4. The SMILES string of the molecule is O=C(CCCCCCCC(=O)Oc1c(F)c(F)c(F)c(F)c1F)Oc1c(F)c(F)c(F)c(F)c1F. The molecule has 0 unspecified atom stereocenters. The summed E-state index contributed by atoms with van der Waals surface area (Å²) < 4.78 is 141. The molecule has 4 nitrogen and oxygen atoms in total. The van der Waals surface area contributed by atoms with Gasteiger partial charge in [-0.05, 0) is 12.8 Å². The third kappa shape index (κ3) is 6.42. The van der Waals surface area contributed by atoms with E-state index in [1.807, 2.05) is 0 Å². The van der Waals surface area contributed by atoms with E-state index >= 15 is 0 Å². The molecule has 14 heteroatoms. The molecule has 0 bridgehead atoms. The monoisotopic (exact) mass is 520 g/mol. The molecule has 0 spiro atoms. The first kappa shape index (κ1) is 27.9. The fourth-order valence-corrected chi connectivity index (χ4v) is 2.75. The van der Waals surface area contributed by atoms with E-state index in [0.717, 1.165) is 0 Å². The summed E-state index contributed by atoms with van der Waals surface area (Å²) in [5.41, 5.74) is 0. The number of hydrogen-bond acceptors (Lipinski definition) is 4. The van der Waals surface area contributed by atoms with E-state index in [4.69, 9.17) is 0 Å². The maximum atomic E-state index is 13.5. The number of hydrogen-bond donors (Lipinski definition) is 0. The van der Waals surface area contributed by atoms with Crippen LogP contribution in [0.3, 0.4) is 0 Å². The van der Waals surface area contributed by atoms with Crippen molar-refractivity contribution in [2.75, 3.05) is 0 Å². The van der Waals surface area contributed by atoms with E-state index in [1.165, 1.54) is 0 Å². The number of halogens is 10. The lowest BCUT2D eigenvalue weighted by atomic mass is 10.1. The van der Waals surface area contributed by atoms with Gasteiger partial charge in [0.2, 0.25) is 69.7 Å². The van der Waals surface area contributed by atoms with Crippen LogP contribution in [-0.2, 0) is 9.59 Å². The lowest BCUT2D eigenvalue weighted by Gasteiger charge is -2.09. The second kappa shape index (κ2) is 11.9. The molecule has 0 fully saturated rings. The van der Waals surface area contributed by atoms with Crippen LogP contribution in [0.5, 0.6) is 11.5 Å². The molecule has 0 saturated carbocycles.